The van der Waals surface area contributed by atoms with Crippen molar-refractivity contribution in [1.29, 1.82) is 0 Å². The predicted octanol–water partition coefficient (Wildman–Crippen LogP) is 2.18. The maximum absolute atomic E-state index is 11.3. The summed E-state index contributed by atoms with van der Waals surface area (Å²) in [7, 11) is -3.50. The van der Waals surface area contributed by atoms with E-state index in [0.29, 0.717) is 32.7 Å². The second-order valence-corrected chi connectivity index (χ2v) is 6.84. The Labute approximate surface area is 127 Å². The summed E-state index contributed by atoms with van der Waals surface area (Å²) < 4.78 is 33.8. The molecule has 21 heavy (non-hydrogen) atoms. The number of para-hydroxylation sites is 1. The van der Waals surface area contributed by atoms with E-state index in [1.54, 1.807) is 0 Å². The molecule has 1 aromatic rings. The van der Waals surface area contributed by atoms with Crippen molar-refractivity contribution >= 4 is 10.0 Å². The molecule has 0 amide bonds. The van der Waals surface area contributed by atoms with Gasteiger partial charge in [0.1, 0.15) is 12.4 Å². The summed E-state index contributed by atoms with van der Waals surface area (Å²) >= 11 is 0. The maximum atomic E-state index is 11.3. The van der Waals surface area contributed by atoms with E-state index < -0.39 is 15.4 Å². The van der Waals surface area contributed by atoms with Gasteiger partial charge in [0.05, 0.1) is 19.0 Å². The Kier molecular flexibility index (Phi) is 7.14. The number of hydrogen-bond donors (Lipinski definition) is 1. The molecule has 120 valence electrons. The lowest BCUT2D eigenvalue weighted by Crippen LogP contribution is -2.37. The molecule has 2 N–H and O–H groups in total. The molecule has 0 aliphatic rings. The number of benzene rings is 1. The zero-order chi connectivity index (χ0) is 15.8. The van der Waals surface area contributed by atoms with Crippen molar-refractivity contribution in [3.8, 4) is 5.75 Å². The number of ether oxygens (including phenoxy) is 2. The minimum Gasteiger partial charge on any atom is -0.491 e. The van der Waals surface area contributed by atoms with E-state index in [-0.39, 0.29) is 5.75 Å². The minimum atomic E-state index is -3.50. The lowest BCUT2D eigenvalue weighted by Gasteiger charge is -2.30. The van der Waals surface area contributed by atoms with Gasteiger partial charge in [0.25, 0.3) is 0 Å². The second kappa shape index (κ2) is 8.36. The molecule has 0 bridgehead atoms. The number of primary sulfonamides is 1. The molecule has 1 aromatic carbocycles. The Bertz CT molecular complexity index is 498. The lowest BCUT2D eigenvalue weighted by atomic mass is 9.85. The Morgan fingerprint density at radius 1 is 1.10 bits per heavy atom. The molecule has 6 heteroatoms. The first-order valence-corrected chi connectivity index (χ1v) is 8.88. The largest absolute Gasteiger partial charge is 0.491 e. The van der Waals surface area contributed by atoms with Crippen molar-refractivity contribution in [2.75, 3.05) is 25.6 Å². The van der Waals surface area contributed by atoms with E-state index in [9.17, 15) is 8.42 Å². The zero-order valence-electron chi connectivity index (χ0n) is 12.7. The average Bonchev–Trinajstić information content (AvgIpc) is 2.45. The third kappa shape index (κ3) is 6.93. The highest BCUT2D eigenvalue weighted by atomic mass is 32.2. The van der Waals surface area contributed by atoms with Crippen LogP contribution in [0.3, 0.4) is 0 Å². The topological polar surface area (TPSA) is 78.6 Å². The number of hydrogen-bond acceptors (Lipinski definition) is 4. The third-order valence-corrected chi connectivity index (χ3v) is 4.67. The Morgan fingerprint density at radius 2 is 1.71 bits per heavy atom. The monoisotopic (exact) mass is 315 g/mol. The zero-order valence-corrected chi connectivity index (χ0v) is 13.6. The van der Waals surface area contributed by atoms with Gasteiger partial charge in [0.2, 0.25) is 10.0 Å². The fourth-order valence-corrected chi connectivity index (χ4v) is 3.50. The van der Waals surface area contributed by atoms with Crippen molar-refractivity contribution in [2.45, 2.75) is 26.7 Å². The van der Waals surface area contributed by atoms with Crippen LogP contribution in [-0.4, -0.2) is 34.0 Å². The molecular formula is C15H25NO4S. The van der Waals surface area contributed by atoms with Crippen LogP contribution in [0.4, 0.5) is 0 Å². The highest BCUT2D eigenvalue weighted by molar-refractivity contribution is 7.89. The quantitative estimate of drug-likeness (QED) is 0.671. The molecular weight excluding hydrogens is 290 g/mol. The number of rotatable bonds is 10. The van der Waals surface area contributed by atoms with E-state index in [1.807, 2.05) is 44.2 Å². The van der Waals surface area contributed by atoms with Crippen molar-refractivity contribution in [2.24, 2.45) is 10.6 Å². The van der Waals surface area contributed by atoms with Crippen molar-refractivity contribution in [1.82, 2.24) is 0 Å². The molecule has 0 fully saturated rings. The molecule has 1 rings (SSSR count). The normalized spacial score (nSPS) is 12.3. The van der Waals surface area contributed by atoms with E-state index in [1.165, 1.54) is 0 Å². The summed E-state index contributed by atoms with van der Waals surface area (Å²) in [5.74, 6) is 0.745. The Hall–Kier alpha value is -1.11. The molecule has 0 saturated heterocycles. The van der Waals surface area contributed by atoms with Gasteiger partial charge in [-0.3, -0.25) is 0 Å². The first-order chi connectivity index (χ1) is 9.91. The van der Waals surface area contributed by atoms with Crippen LogP contribution in [-0.2, 0) is 14.8 Å². The SMILES string of the molecule is CCC(CC)(COCCOc1ccccc1)CS(N)(=O)=O. The van der Waals surface area contributed by atoms with E-state index in [0.717, 1.165) is 5.75 Å². The van der Waals surface area contributed by atoms with Gasteiger partial charge in [-0.05, 0) is 25.0 Å². The number of nitrogens with two attached hydrogens (primary N) is 1. The molecule has 0 saturated carbocycles. The van der Waals surface area contributed by atoms with Gasteiger partial charge in [0, 0.05) is 5.41 Å². The Morgan fingerprint density at radius 3 is 2.24 bits per heavy atom. The first kappa shape index (κ1) is 17.9. The highest BCUT2D eigenvalue weighted by Crippen LogP contribution is 2.28. The van der Waals surface area contributed by atoms with Gasteiger partial charge in [-0.1, -0.05) is 32.0 Å². The van der Waals surface area contributed by atoms with E-state index >= 15 is 0 Å². The third-order valence-electron chi connectivity index (χ3n) is 3.66. The van der Waals surface area contributed by atoms with Crippen LogP contribution in [0, 0.1) is 5.41 Å². The summed E-state index contributed by atoms with van der Waals surface area (Å²) in [6.45, 7) is 5.13. The van der Waals surface area contributed by atoms with E-state index in [4.69, 9.17) is 14.6 Å². The molecule has 0 aliphatic carbocycles. The van der Waals surface area contributed by atoms with Gasteiger partial charge in [-0.2, -0.15) is 0 Å². The van der Waals surface area contributed by atoms with Gasteiger partial charge in [0.15, 0.2) is 0 Å². The molecule has 0 radical (unpaired) electrons. The van der Waals surface area contributed by atoms with Crippen LogP contribution < -0.4 is 9.88 Å². The molecule has 0 atom stereocenters. The fraction of sp³-hybridized carbons (Fsp3) is 0.600. The van der Waals surface area contributed by atoms with Crippen molar-refractivity contribution in [3.63, 3.8) is 0 Å². The Balaban J connectivity index is 2.37. The molecule has 0 aromatic heterocycles. The number of sulfonamides is 1. The van der Waals surface area contributed by atoms with Crippen molar-refractivity contribution in [3.05, 3.63) is 30.3 Å². The molecule has 0 heterocycles. The van der Waals surface area contributed by atoms with Gasteiger partial charge in [-0.15, -0.1) is 0 Å². The maximum Gasteiger partial charge on any atom is 0.209 e. The predicted molar refractivity (Wildman–Crippen MR) is 83.7 cm³/mol. The summed E-state index contributed by atoms with van der Waals surface area (Å²) in [6, 6.07) is 9.49. The smallest absolute Gasteiger partial charge is 0.209 e. The van der Waals surface area contributed by atoms with Crippen molar-refractivity contribution < 1.29 is 17.9 Å². The van der Waals surface area contributed by atoms with E-state index in [2.05, 4.69) is 0 Å². The van der Waals surface area contributed by atoms with Gasteiger partial charge < -0.3 is 9.47 Å². The highest BCUT2D eigenvalue weighted by Gasteiger charge is 2.31. The summed E-state index contributed by atoms with van der Waals surface area (Å²) in [5, 5.41) is 5.17. The summed E-state index contributed by atoms with van der Waals surface area (Å²) in [6.07, 6.45) is 1.42. The molecule has 0 spiro atoms. The molecule has 5 nitrogen and oxygen atoms in total. The molecule has 0 unspecified atom stereocenters. The summed E-state index contributed by atoms with van der Waals surface area (Å²) in [5.41, 5.74) is -0.416. The van der Waals surface area contributed by atoms with Crippen LogP contribution in [0.1, 0.15) is 26.7 Å². The van der Waals surface area contributed by atoms with Crippen LogP contribution in [0.2, 0.25) is 0 Å². The second-order valence-electron chi connectivity index (χ2n) is 5.23. The minimum absolute atomic E-state index is 0.0491. The fourth-order valence-electron chi connectivity index (χ4n) is 2.15. The average molecular weight is 315 g/mol. The standard InChI is InChI=1S/C15H25NO4S/c1-3-15(4-2,13-21(16,17)18)12-19-10-11-20-14-8-6-5-7-9-14/h5-9H,3-4,10-13H2,1-2H3,(H2,16,17,18). The first-order valence-electron chi connectivity index (χ1n) is 7.17. The lowest BCUT2D eigenvalue weighted by molar-refractivity contribution is 0.0341. The van der Waals surface area contributed by atoms with Crippen LogP contribution in [0.5, 0.6) is 5.75 Å². The van der Waals surface area contributed by atoms with Crippen LogP contribution in [0.25, 0.3) is 0 Å². The van der Waals surface area contributed by atoms with Crippen LogP contribution in [0.15, 0.2) is 30.3 Å². The van der Waals surface area contributed by atoms with Gasteiger partial charge in [-0.25, -0.2) is 13.6 Å². The molecule has 0 aliphatic heterocycles. The van der Waals surface area contributed by atoms with Crippen LogP contribution >= 0.6 is 0 Å². The summed E-state index contributed by atoms with van der Waals surface area (Å²) in [4.78, 5) is 0. The van der Waals surface area contributed by atoms with Gasteiger partial charge >= 0.3 is 0 Å².